The minimum atomic E-state index is -0.209. The summed E-state index contributed by atoms with van der Waals surface area (Å²) in [7, 11) is 0. The van der Waals surface area contributed by atoms with E-state index in [9.17, 15) is 10.1 Å². The van der Waals surface area contributed by atoms with Crippen molar-refractivity contribution in [2.24, 2.45) is 0 Å². The van der Waals surface area contributed by atoms with Crippen LogP contribution in [-0.4, -0.2) is 48.4 Å². The zero-order chi connectivity index (χ0) is 24.5. The zero-order valence-corrected chi connectivity index (χ0v) is 21.2. The molecule has 1 N–H and O–H groups in total. The first-order valence-electron chi connectivity index (χ1n) is 11.9. The third-order valence-corrected chi connectivity index (χ3v) is 6.79. The summed E-state index contributed by atoms with van der Waals surface area (Å²) in [4.78, 5) is 17.2. The number of halogens is 1. The molecule has 0 saturated carbocycles. The fourth-order valence-electron chi connectivity index (χ4n) is 4.42. The topological polar surface area (TPSA) is 59.4 Å². The number of nitrogens with zero attached hydrogens (tertiary/aromatic N) is 3. The van der Waals surface area contributed by atoms with Crippen LogP contribution >= 0.6 is 15.9 Å². The lowest BCUT2D eigenvalue weighted by molar-refractivity contribution is -0.128. The van der Waals surface area contributed by atoms with Crippen molar-refractivity contribution >= 4 is 21.8 Å². The number of carbonyl (C=O) groups excluding carboxylic acids is 1. The quantitative estimate of drug-likeness (QED) is 0.256. The molecule has 3 aromatic carbocycles. The van der Waals surface area contributed by atoms with Gasteiger partial charge in [-0.1, -0.05) is 88.7 Å². The molecule has 0 aromatic heterocycles. The third-order valence-electron chi connectivity index (χ3n) is 6.27. The van der Waals surface area contributed by atoms with Crippen molar-refractivity contribution < 1.29 is 4.79 Å². The lowest BCUT2D eigenvalue weighted by Gasteiger charge is -2.39. The molecule has 0 spiro atoms. The Morgan fingerprint density at radius 2 is 1.49 bits per heavy atom. The van der Waals surface area contributed by atoms with E-state index in [1.54, 1.807) is 11.1 Å². The van der Waals surface area contributed by atoms with Crippen LogP contribution in [0.5, 0.6) is 0 Å². The molecule has 3 aromatic rings. The van der Waals surface area contributed by atoms with Crippen LogP contribution < -0.4 is 5.32 Å². The summed E-state index contributed by atoms with van der Waals surface area (Å²) >= 11 is 3.44. The first-order chi connectivity index (χ1) is 17.2. The number of rotatable bonds is 8. The lowest BCUT2D eigenvalue weighted by atomic mass is 9.96. The van der Waals surface area contributed by atoms with Gasteiger partial charge in [0.15, 0.2) is 0 Å². The van der Waals surface area contributed by atoms with Crippen molar-refractivity contribution in [1.29, 1.82) is 5.26 Å². The summed E-state index contributed by atoms with van der Waals surface area (Å²) in [6.45, 7) is 3.33. The molecule has 6 heteroatoms. The summed E-state index contributed by atoms with van der Waals surface area (Å²) in [5, 5.41) is 12.7. The largest absolute Gasteiger partial charge is 0.389 e. The summed E-state index contributed by atoms with van der Waals surface area (Å²) in [6, 6.07) is 31.3. The smallest absolute Gasteiger partial charge is 0.266 e. The van der Waals surface area contributed by atoms with Gasteiger partial charge in [-0.3, -0.25) is 9.69 Å². The lowest BCUT2D eigenvalue weighted by Crippen LogP contribution is -2.50. The van der Waals surface area contributed by atoms with Gasteiger partial charge in [-0.25, -0.2) is 0 Å². The summed E-state index contributed by atoms with van der Waals surface area (Å²) < 4.78 is 1.05. The fourth-order valence-corrected chi connectivity index (χ4v) is 4.69. The highest BCUT2D eigenvalue weighted by atomic mass is 79.9. The maximum Gasteiger partial charge on any atom is 0.266 e. The minimum absolute atomic E-state index is 0.140. The van der Waals surface area contributed by atoms with Crippen molar-refractivity contribution in [2.45, 2.75) is 12.5 Å². The van der Waals surface area contributed by atoms with Gasteiger partial charge in [0.1, 0.15) is 11.6 Å². The number of hydrogen-bond acceptors (Lipinski definition) is 4. The zero-order valence-electron chi connectivity index (χ0n) is 19.6. The average molecular weight is 529 g/mol. The van der Waals surface area contributed by atoms with Crippen molar-refractivity contribution in [1.82, 2.24) is 15.1 Å². The van der Waals surface area contributed by atoms with Crippen molar-refractivity contribution in [2.75, 3.05) is 32.7 Å². The van der Waals surface area contributed by atoms with Crippen molar-refractivity contribution in [3.8, 4) is 6.07 Å². The normalized spacial score (nSPS) is 14.5. The molecule has 1 fully saturated rings. The molecule has 0 atom stereocenters. The van der Waals surface area contributed by atoms with E-state index in [4.69, 9.17) is 0 Å². The predicted octanol–water partition coefficient (Wildman–Crippen LogP) is 4.92. The highest BCUT2D eigenvalue weighted by Gasteiger charge is 2.29. The van der Waals surface area contributed by atoms with E-state index < -0.39 is 0 Å². The monoisotopic (exact) mass is 528 g/mol. The number of benzene rings is 3. The average Bonchev–Trinajstić information content (AvgIpc) is 2.91. The molecule has 4 rings (SSSR count). The Bertz CT molecular complexity index is 1130. The van der Waals surface area contributed by atoms with Crippen LogP contribution in [0, 0.1) is 11.3 Å². The van der Waals surface area contributed by atoms with Gasteiger partial charge in [0.05, 0.1) is 6.04 Å². The molecular weight excluding hydrogens is 500 g/mol. The van der Waals surface area contributed by atoms with Crippen LogP contribution in [0.4, 0.5) is 0 Å². The second-order valence-electron chi connectivity index (χ2n) is 8.55. The van der Waals surface area contributed by atoms with Crippen LogP contribution in [-0.2, 0) is 11.2 Å². The number of amides is 1. The third kappa shape index (κ3) is 6.60. The molecular formula is C29H29BrN4O. The molecule has 1 aliphatic heterocycles. The van der Waals surface area contributed by atoms with E-state index in [2.05, 4.69) is 92.9 Å². The van der Waals surface area contributed by atoms with Crippen LogP contribution in [0.1, 0.15) is 22.7 Å². The maximum absolute atomic E-state index is 13.0. The molecule has 1 saturated heterocycles. The molecule has 1 heterocycles. The van der Waals surface area contributed by atoms with Crippen LogP contribution in [0.3, 0.4) is 0 Å². The van der Waals surface area contributed by atoms with Gasteiger partial charge in [-0.2, -0.15) is 5.26 Å². The van der Waals surface area contributed by atoms with Gasteiger partial charge in [0, 0.05) is 43.4 Å². The van der Waals surface area contributed by atoms with E-state index in [-0.39, 0.29) is 17.5 Å². The standard InChI is InChI=1S/C29H29BrN4O/c30-27-13-11-23(12-14-27)15-16-32-22-26(21-31)29(35)34-19-17-33(18-20-34)28(24-7-3-1-4-8-24)25-9-5-2-6-10-25/h1-14,22,28,32H,15-20H2/b26-22-. The molecule has 1 amide bonds. The molecule has 0 unspecified atom stereocenters. The predicted molar refractivity (Wildman–Crippen MR) is 142 cm³/mol. The molecule has 1 aliphatic rings. The molecule has 5 nitrogen and oxygen atoms in total. The van der Waals surface area contributed by atoms with Crippen LogP contribution in [0.15, 0.2) is 101 Å². The number of nitriles is 1. The molecule has 0 bridgehead atoms. The molecule has 35 heavy (non-hydrogen) atoms. The van der Waals surface area contributed by atoms with Crippen molar-refractivity contribution in [3.05, 3.63) is 118 Å². The van der Waals surface area contributed by atoms with Crippen LogP contribution in [0.2, 0.25) is 0 Å². The Morgan fingerprint density at radius 1 is 0.914 bits per heavy atom. The van der Waals surface area contributed by atoms with E-state index in [1.807, 2.05) is 24.3 Å². The highest BCUT2D eigenvalue weighted by molar-refractivity contribution is 9.10. The summed E-state index contributed by atoms with van der Waals surface area (Å²) in [6.07, 6.45) is 2.38. The van der Waals surface area contributed by atoms with Gasteiger partial charge >= 0.3 is 0 Å². The number of carbonyl (C=O) groups is 1. The first kappa shape index (κ1) is 24.7. The van der Waals surface area contributed by atoms with E-state index in [1.165, 1.54) is 16.7 Å². The van der Waals surface area contributed by atoms with Gasteiger partial charge in [0.2, 0.25) is 0 Å². The number of piperazine rings is 1. The minimum Gasteiger partial charge on any atom is -0.389 e. The highest BCUT2D eigenvalue weighted by Crippen LogP contribution is 2.29. The SMILES string of the molecule is N#C/C(=C/NCCc1ccc(Br)cc1)C(=O)N1CCN(C(c2ccccc2)c2ccccc2)CC1. The second kappa shape index (κ2) is 12.3. The summed E-state index contributed by atoms with van der Waals surface area (Å²) in [5.41, 5.74) is 3.83. The molecule has 178 valence electrons. The van der Waals surface area contributed by atoms with Gasteiger partial charge in [0.25, 0.3) is 5.91 Å². The number of nitrogens with one attached hydrogen (secondary N) is 1. The Balaban J connectivity index is 1.35. The Morgan fingerprint density at radius 3 is 2.03 bits per heavy atom. The number of hydrogen-bond donors (Lipinski definition) is 1. The van der Waals surface area contributed by atoms with E-state index >= 15 is 0 Å². The van der Waals surface area contributed by atoms with Crippen molar-refractivity contribution in [3.63, 3.8) is 0 Å². The van der Waals surface area contributed by atoms with Gasteiger partial charge < -0.3 is 10.2 Å². The first-order valence-corrected chi connectivity index (χ1v) is 12.7. The van der Waals surface area contributed by atoms with Crippen LogP contribution in [0.25, 0.3) is 0 Å². The molecule has 0 radical (unpaired) electrons. The fraction of sp³-hybridized carbons (Fsp3) is 0.241. The Hall–Kier alpha value is -3.40. The summed E-state index contributed by atoms with van der Waals surface area (Å²) in [5.74, 6) is -0.209. The van der Waals surface area contributed by atoms with E-state index in [0.29, 0.717) is 19.6 Å². The maximum atomic E-state index is 13.0. The second-order valence-corrected chi connectivity index (χ2v) is 9.47. The van der Waals surface area contributed by atoms with Gasteiger partial charge in [-0.15, -0.1) is 0 Å². The Kier molecular flexibility index (Phi) is 8.72. The Labute approximate surface area is 215 Å². The molecule has 0 aliphatic carbocycles. The van der Waals surface area contributed by atoms with Gasteiger partial charge in [-0.05, 0) is 35.2 Å². The van der Waals surface area contributed by atoms with E-state index in [0.717, 1.165) is 24.0 Å².